The van der Waals surface area contributed by atoms with Crippen molar-refractivity contribution in [1.29, 1.82) is 0 Å². The average molecular weight is 554 g/mol. The molecule has 4 rings (SSSR count). The van der Waals surface area contributed by atoms with Crippen LogP contribution in [0, 0.1) is 20.8 Å². The largest absolute Gasteiger partial charge is 0.328 e. The van der Waals surface area contributed by atoms with Gasteiger partial charge in [0.25, 0.3) is 5.91 Å². The second-order valence-corrected chi connectivity index (χ2v) is 9.47. The van der Waals surface area contributed by atoms with E-state index in [4.69, 9.17) is 11.6 Å². The van der Waals surface area contributed by atoms with Gasteiger partial charge in [0.1, 0.15) is 5.69 Å². The van der Waals surface area contributed by atoms with E-state index in [0.29, 0.717) is 27.3 Å². The lowest BCUT2D eigenvalue weighted by Crippen LogP contribution is -2.36. The first-order valence-electron chi connectivity index (χ1n) is 10.7. The van der Waals surface area contributed by atoms with Gasteiger partial charge in [0.15, 0.2) is 0 Å². The molecule has 0 fully saturated rings. The van der Waals surface area contributed by atoms with Crippen LogP contribution in [0.3, 0.4) is 0 Å². The summed E-state index contributed by atoms with van der Waals surface area (Å²) in [6.45, 7) is 5.78. The number of nitrogens with one attached hydrogen (secondary N) is 3. The molecule has 0 saturated carbocycles. The van der Waals surface area contributed by atoms with Crippen LogP contribution in [0.15, 0.2) is 65.1 Å². The van der Waals surface area contributed by atoms with Crippen LogP contribution in [-0.4, -0.2) is 22.4 Å². The first-order valence-corrected chi connectivity index (χ1v) is 11.9. The fraction of sp³-hybridized carbons (Fsp3) is 0.115. The highest BCUT2D eigenvalue weighted by atomic mass is 79.9. The molecule has 0 aliphatic carbocycles. The van der Waals surface area contributed by atoms with Crippen molar-refractivity contribution in [3.05, 3.63) is 92.5 Å². The van der Waals surface area contributed by atoms with Crippen molar-refractivity contribution >= 4 is 67.5 Å². The highest BCUT2D eigenvalue weighted by Gasteiger charge is 2.21. The maximum atomic E-state index is 13.2. The van der Waals surface area contributed by atoms with E-state index in [9.17, 15) is 14.4 Å². The number of anilines is 2. The molecule has 0 spiro atoms. The average Bonchev–Trinajstić information content (AvgIpc) is 3.16. The molecule has 0 radical (unpaired) electrons. The van der Waals surface area contributed by atoms with Crippen LogP contribution >= 0.6 is 27.5 Å². The van der Waals surface area contributed by atoms with Gasteiger partial charge in [-0.1, -0.05) is 33.6 Å². The van der Waals surface area contributed by atoms with Gasteiger partial charge in [0, 0.05) is 26.3 Å². The number of amides is 3. The minimum absolute atomic E-state index is 0.134. The van der Waals surface area contributed by atoms with Crippen molar-refractivity contribution in [1.82, 2.24) is 4.68 Å². The third kappa shape index (κ3) is 5.39. The number of carbonyl (C=O) groups excluding carboxylic acids is 3. The number of rotatable bonds is 4. The van der Waals surface area contributed by atoms with Gasteiger partial charge in [0.2, 0.25) is 0 Å². The lowest BCUT2D eigenvalue weighted by Gasteiger charge is -2.13. The third-order valence-corrected chi connectivity index (χ3v) is 6.72. The van der Waals surface area contributed by atoms with E-state index >= 15 is 0 Å². The maximum absolute atomic E-state index is 13.2. The zero-order chi connectivity index (χ0) is 25.3. The van der Waals surface area contributed by atoms with Crippen LogP contribution in [0.4, 0.5) is 11.4 Å². The molecule has 4 aromatic rings. The minimum atomic E-state index is -0.927. The van der Waals surface area contributed by atoms with E-state index in [-0.39, 0.29) is 5.69 Å². The van der Waals surface area contributed by atoms with Crippen molar-refractivity contribution in [2.45, 2.75) is 20.8 Å². The van der Waals surface area contributed by atoms with Crippen LogP contribution in [0.5, 0.6) is 0 Å². The summed E-state index contributed by atoms with van der Waals surface area (Å²) in [5.41, 5.74) is 7.28. The number of aromatic nitrogens is 1. The van der Waals surface area contributed by atoms with Crippen molar-refractivity contribution in [3.8, 4) is 0 Å². The van der Waals surface area contributed by atoms with Crippen LogP contribution in [0.2, 0.25) is 5.02 Å². The van der Waals surface area contributed by atoms with Gasteiger partial charge < -0.3 is 10.6 Å². The Morgan fingerprint density at radius 2 is 1.46 bits per heavy atom. The van der Waals surface area contributed by atoms with Crippen molar-refractivity contribution < 1.29 is 14.4 Å². The summed E-state index contributed by atoms with van der Waals surface area (Å²) in [5.74, 6) is -2.25. The van der Waals surface area contributed by atoms with Crippen LogP contribution in [-0.2, 0) is 9.59 Å². The van der Waals surface area contributed by atoms with Gasteiger partial charge in [-0.2, -0.15) is 0 Å². The van der Waals surface area contributed by atoms with Gasteiger partial charge >= 0.3 is 11.8 Å². The molecule has 178 valence electrons. The lowest BCUT2D eigenvalue weighted by molar-refractivity contribution is -0.133. The molecule has 0 saturated heterocycles. The molecule has 0 aliphatic rings. The quantitative estimate of drug-likeness (QED) is 0.273. The molecule has 3 amide bonds. The maximum Gasteiger partial charge on any atom is 0.328 e. The summed E-state index contributed by atoms with van der Waals surface area (Å²) in [6.07, 6.45) is 0. The molecule has 3 aromatic carbocycles. The summed E-state index contributed by atoms with van der Waals surface area (Å²) >= 11 is 9.57. The second kappa shape index (κ2) is 9.93. The first kappa shape index (κ1) is 24.5. The van der Waals surface area contributed by atoms with Crippen molar-refractivity contribution in [2.75, 3.05) is 16.1 Å². The van der Waals surface area contributed by atoms with Crippen molar-refractivity contribution in [3.63, 3.8) is 0 Å². The number of hydrogen-bond acceptors (Lipinski definition) is 3. The molecular weight excluding hydrogens is 532 g/mol. The predicted molar refractivity (Wildman–Crippen MR) is 143 cm³/mol. The van der Waals surface area contributed by atoms with Gasteiger partial charge in [-0.05, 0) is 92.1 Å². The Bertz CT molecular complexity index is 1500. The summed E-state index contributed by atoms with van der Waals surface area (Å²) in [4.78, 5) is 38.6. The number of fused-ring (bicyclic) bond motifs is 1. The van der Waals surface area contributed by atoms with Crippen LogP contribution in [0.25, 0.3) is 10.9 Å². The number of nitrogens with zero attached hydrogens (tertiary/aromatic N) is 1. The lowest BCUT2D eigenvalue weighted by atomic mass is 10.1. The van der Waals surface area contributed by atoms with Gasteiger partial charge in [-0.3, -0.25) is 19.8 Å². The Morgan fingerprint density at radius 1 is 0.771 bits per heavy atom. The molecule has 3 N–H and O–H groups in total. The third-order valence-electron chi connectivity index (χ3n) is 5.60. The smallest absolute Gasteiger partial charge is 0.321 e. The van der Waals surface area contributed by atoms with Crippen LogP contribution < -0.4 is 16.1 Å². The van der Waals surface area contributed by atoms with E-state index in [2.05, 4.69) is 32.0 Å². The van der Waals surface area contributed by atoms with E-state index in [1.807, 2.05) is 39.0 Å². The molecule has 0 aliphatic heterocycles. The number of halogens is 2. The Hall–Kier alpha value is -3.62. The summed E-state index contributed by atoms with van der Waals surface area (Å²) in [6, 6.07) is 17.4. The SMILES string of the molecule is Cc1ccc(NC(=O)C(=O)Nn2c(C(=O)Nc3ccc(Br)c(C)c3)cc3cc(Cl)ccc32)cc1C. The summed E-state index contributed by atoms with van der Waals surface area (Å²) < 4.78 is 2.20. The number of benzene rings is 3. The number of carbonyl (C=O) groups is 3. The molecule has 7 nitrogen and oxygen atoms in total. The van der Waals surface area contributed by atoms with E-state index < -0.39 is 17.7 Å². The van der Waals surface area contributed by atoms with Gasteiger partial charge in [-0.25, -0.2) is 4.68 Å². The van der Waals surface area contributed by atoms with E-state index in [1.165, 1.54) is 4.68 Å². The zero-order valence-corrected chi connectivity index (χ0v) is 21.5. The first-order chi connectivity index (χ1) is 16.6. The molecule has 0 atom stereocenters. The molecule has 1 heterocycles. The normalized spacial score (nSPS) is 10.8. The molecule has 0 unspecified atom stereocenters. The highest BCUT2D eigenvalue weighted by molar-refractivity contribution is 9.10. The molecule has 9 heteroatoms. The van der Waals surface area contributed by atoms with E-state index in [1.54, 1.807) is 42.5 Å². The molecule has 0 bridgehead atoms. The Kier molecular flexibility index (Phi) is 6.95. The Labute approximate surface area is 215 Å². The Morgan fingerprint density at radius 3 is 2.17 bits per heavy atom. The number of aryl methyl sites for hydroxylation is 3. The molecule has 35 heavy (non-hydrogen) atoms. The summed E-state index contributed by atoms with van der Waals surface area (Å²) in [7, 11) is 0. The Balaban J connectivity index is 1.62. The number of hydrogen-bond donors (Lipinski definition) is 3. The minimum Gasteiger partial charge on any atom is -0.321 e. The molecular formula is C26H22BrClN4O3. The van der Waals surface area contributed by atoms with Crippen LogP contribution in [0.1, 0.15) is 27.2 Å². The standard InChI is InChI=1S/C26H22BrClN4O3/c1-14-4-6-19(10-15(14)2)30-25(34)26(35)31-32-22-9-5-18(28)12-17(22)13-23(32)24(33)29-20-7-8-21(27)16(3)11-20/h4-13H,1-3H3,(H,29,33)(H,30,34)(H,31,35). The monoisotopic (exact) mass is 552 g/mol. The highest BCUT2D eigenvalue weighted by Crippen LogP contribution is 2.25. The second-order valence-electron chi connectivity index (χ2n) is 8.18. The predicted octanol–water partition coefficient (Wildman–Crippen LogP) is 5.94. The van der Waals surface area contributed by atoms with Gasteiger partial charge in [-0.15, -0.1) is 0 Å². The summed E-state index contributed by atoms with van der Waals surface area (Å²) in [5, 5.41) is 6.52. The van der Waals surface area contributed by atoms with Crippen molar-refractivity contribution in [2.24, 2.45) is 0 Å². The zero-order valence-electron chi connectivity index (χ0n) is 19.2. The van der Waals surface area contributed by atoms with Gasteiger partial charge in [0.05, 0.1) is 5.52 Å². The molecule has 1 aromatic heterocycles. The fourth-order valence-corrected chi connectivity index (χ4v) is 3.98. The van der Waals surface area contributed by atoms with E-state index in [0.717, 1.165) is 21.2 Å². The topological polar surface area (TPSA) is 92.2 Å². The fourth-order valence-electron chi connectivity index (χ4n) is 3.55.